The van der Waals surface area contributed by atoms with Crippen LogP contribution in [0.15, 0.2) is 0 Å². The van der Waals surface area contributed by atoms with E-state index < -0.39 is 17.8 Å². The first-order valence-corrected chi connectivity index (χ1v) is 4.29. The highest BCUT2D eigenvalue weighted by Gasteiger charge is 2.40. The van der Waals surface area contributed by atoms with Gasteiger partial charge in [-0.15, -0.1) is 0 Å². The molecule has 70 valence electrons. The molecule has 1 aliphatic rings. The summed E-state index contributed by atoms with van der Waals surface area (Å²) in [4.78, 5) is 22.3. The standard InChI is InChI=1S/C9H11NO3/c1-2-13-9(12)6-3-4-8(11)7(6)5-10/h6-7H,2-4H2,1H3/t6-,7+/m0/s1. The lowest BCUT2D eigenvalue weighted by molar-refractivity contribution is -0.149. The maximum atomic E-state index is 11.2. The molecule has 4 nitrogen and oxygen atoms in total. The molecule has 0 aliphatic heterocycles. The highest BCUT2D eigenvalue weighted by atomic mass is 16.5. The normalized spacial score (nSPS) is 26.9. The molecule has 0 aromatic carbocycles. The van der Waals surface area contributed by atoms with Crippen LogP contribution in [0.1, 0.15) is 19.8 Å². The van der Waals surface area contributed by atoms with E-state index >= 15 is 0 Å². The number of hydrogen-bond acceptors (Lipinski definition) is 4. The first kappa shape index (κ1) is 9.72. The molecule has 1 rings (SSSR count). The summed E-state index contributed by atoms with van der Waals surface area (Å²) in [5, 5.41) is 8.65. The van der Waals surface area contributed by atoms with Crippen molar-refractivity contribution >= 4 is 11.8 Å². The Bertz CT molecular complexity index is 267. The van der Waals surface area contributed by atoms with E-state index in [1.165, 1.54) is 0 Å². The van der Waals surface area contributed by atoms with Crippen LogP contribution in [0.2, 0.25) is 0 Å². The number of ether oxygens (including phenoxy) is 1. The Morgan fingerprint density at radius 1 is 1.77 bits per heavy atom. The molecule has 0 bridgehead atoms. The minimum Gasteiger partial charge on any atom is -0.466 e. The second-order valence-corrected chi connectivity index (χ2v) is 2.97. The highest BCUT2D eigenvalue weighted by Crippen LogP contribution is 2.29. The third kappa shape index (κ3) is 1.86. The van der Waals surface area contributed by atoms with Crippen molar-refractivity contribution < 1.29 is 14.3 Å². The first-order chi connectivity index (χ1) is 6.20. The molecule has 13 heavy (non-hydrogen) atoms. The van der Waals surface area contributed by atoms with Gasteiger partial charge in [0.25, 0.3) is 0 Å². The molecule has 1 fully saturated rings. The van der Waals surface area contributed by atoms with Gasteiger partial charge in [0.2, 0.25) is 0 Å². The van der Waals surface area contributed by atoms with Crippen LogP contribution in [0.5, 0.6) is 0 Å². The van der Waals surface area contributed by atoms with Crippen LogP contribution in [0.4, 0.5) is 0 Å². The zero-order chi connectivity index (χ0) is 9.84. The molecule has 0 aromatic rings. The largest absolute Gasteiger partial charge is 0.466 e. The number of hydrogen-bond donors (Lipinski definition) is 0. The fourth-order valence-corrected chi connectivity index (χ4v) is 1.51. The minimum atomic E-state index is -0.779. The van der Waals surface area contributed by atoms with Crippen LogP contribution < -0.4 is 0 Å². The number of rotatable bonds is 2. The van der Waals surface area contributed by atoms with Crippen molar-refractivity contribution in [1.82, 2.24) is 0 Å². The molecule has 0 saturated heterocycles. The van der Waals surface area contributed by atoms with Crippen molar-refractivity contribution in [2.24, 2.45) is 11.8 Å². The van der Waals surface area contributed by atoms with Gasteiger partial charge in [-0.25, -0.2) is 0 Å². The van der Waals surface area contributed by atoms with Crippen LogP contribution in [0, 0.1) is 23.2 Å². The van der Waals surface area contributed by atoms with Crippen molar-refractivity contribution in [2.45, 2.75) is 19.8 Å². The molecule has 0 aromatic heterocycles. The minimum absolute atomic E-state index is 0.138. The summed E-state index contributed by atoms with van der Waals surface area (Å²) >= 11 is 0. The Morgan fingerprint density at radius 3 is 3.00 bits per heavy atom. The third-order valence-electron chi connectivity index (χ3n) is 2.18. The van der Waals surface area contributed by atoms with Gasteiger partial charge in [0.05, 0.1) is 18.6 Å². The predicted molar refractivity (Wildman–Crippen MR) is 43.5 cm³/mol. The number of nitrogens with zero attached hydrogens (tertiary/aromatic N) is 1. The van der Waals surface area contributed by atoms with E-state index in [0.29, 0.717) is 19.4 Å². The molecule has 0 unspecified atom stereocenters. The van der Waals surface area contributed by atoms with E-state index in [0.717, 1.165) is 0 Å². The van der Waals surface area contributed by atoms with Crippen molar-refractivity contribution in [3.05, 3.63) is 0 Å². The molecular formula is C9H11NO3. The van der Waals surface area contributed by atoms with Gasteiger partial charge in [0.1, 0.15) is 5.92 Å². The molecular weight excluding hydrogens is 170 g/mol. The summed E-state index contributed by atoms with van der Waals surface area (Å²) in [6, 6.07) is 1.85. The smallest absolute Gasteiger partial charge is 0.310 e. The SMILES string of the molecule is CCOC(=O)[C@H]1CCC(=O)[C@@H]1C#N. The Kier molecular flexibility index (Phi) is 3.02. The summed E-state index contributed by atoms with van der Waals surface area (Å²) < 4.78 is 4.76. The third-order valence-corrected chi connectivity index (χ3v) is 2.18. The highest BCUT2D eigenvalue weighted by molar-refractivity contribution is 5.92. The molecule has 0 heterocycles. The van der Waals surface area contributed by atoms with Crippen molar-refractivity contribution in [3.63, 3.8) is 0 Å². The Labute approximate surface area is 76.5 Å². The topological polar surface area (TPSA) is 67.2 Å². The van der Waals surface area contributed by atoms with E-state index in [9.17, 15) is 9.59 Å². The van der Waals surface area contributed by atoms with E-state index in [1.807, 2.05) is 6.07 Å². The van der Waals surface area contributed by atoms with Crippen molar-refractivity contribution in [2.75, 3.05) is 6.61 Å². The second-order valence-electron chi connectivity index (χ2n) is 2.97. The average Bonchev–Trinajstić information content (AvgIpc) is 2.47. The molecule has 0 amide bonds. The van der Waals surface area contributed by atoms with Crippen LogP contribution in [0.25, 0.3) is 0 Å². The zero-order valence-electron chi connectivity index (χ0n) is 7.45. The molecule has 1 saturated carbocycles. The summed E-state index contributed by atoms with van der Waals surface area (Å²) in [6.45, 7) is 2.00. The quantitative estimate of drug-likeness (QED) is 0.587. The van der Waals surface area contributed by atoms with E-state index in [2.05, 4.69) is 0 Å². The number of carbonyl (C=O) groups is 2. The molecule has 0 N–H and O–H groups in total. The molecule has 4 heteroatoms. The van der Waals surface area contributed by atoms with Crippen molar-refractivity contribution in [1.29, 1.82) is 5.26 Å². The first-order valence-electron chi connectivity index (χ1n) is 4.29. The summed E-state index contributed by atoms with van der Waals surface area (Å²) in [6.07, 6.45) is 0.775. The number of esters is 1. The number of nitriles is 1. The fraction of sp³-hybridized carbons (Fsp3) is 0.667. The van der Waals surface area contributed by atoms with E-state index in [-0.39, 0.29) is 5.78 Å². The monoisotopic (exact) mass is 181 g/mol. The van der Waals surface area contributed by atoms with Gasteiger partial charge < -0.3 is 4.74 Å². The maximum absolute atomic E-state index is 11.2. The Balaban J connectivity index is 2.66. The lowest BCUT2D eigenvalue weighted by Crippen LogP contribution is -2.23. The van der Waals surface area contributed by atoms with Crippen LogP contribution in [-0.4, -0.2) is 18.4 Å². The lowest BCUT2D eigenvalue weighted by Gasteiger charge is -2.09. The van der Waals surface area contributed by atoms with Crippen LogP contribution in [0.3, 0.4) is 0 Å². The van der Waals surface area contributed by atoms with Gasteiger partial charge in [-0.3, -0.25) is 9.59 Å². The van der Waals surface area contributed by atoms with Gasteiger partial charge >= 0.3 is 5.97 Å². The van der Waals surface area contributed by atoms with Crippen LogP contribution in [-0.2, 0) is 14.3 Å². The van der Waals surface area contributed by atoms with Crippen molar-refractivity contribution in [3.8, 4) is 6.07 Å². The maximum Gasteiger partial charge on any atom is 0.310 e. The molecule has 0 spiro atoms. The molecule has 1 aliphatic carbocycles. The van der Waals surface area contributed by atoms with E-state index in [4.69, 9.17) is 10.00 Å². The zero-order valence-corrected chi connectivity index (χ0v) is 7.45. The van der Waals surface area contributed by atoms with E-state index in [1.54, 1.807) is 6.92 Å². The Hall–Kier alpha value is -1.37. The number of carbonyl (C=O) groups excluding carboxylic acids is 2. The summed E-state index contributed by atoms with van der Waals surface area (Å²) in [5.41, 5.74) is 0. The molecule has 0 radical (unpaired) electrons. The van der Waals surface area contributed by atoms with Gasteiger partial charge in [0.15, 0.2) is 5.78 Å². The molecule has 2 atom stereocenters. The Morgan fingerprint density at radius 2 is 2.46 bits per heavy atom. The van der Waals surface area contributed by atoms with Gasteiger partial charge in [-0.05, 0) is 13.3 Å². The summed E-state index contributed by atoms with van der Waals surface area (Å²) in [5.74, 6) is -1.86. The average molecular weight is 181 g/mol. The lowest BCUT2D eigenvalue weighted by atomic mass is 9.97. The predicted octanol–water partition coefficient (Wildman–Crippen LogP) is 0.668. The fourth-order valence-electron chi connectivity index (χ4n) is 1.51. The van der Waals surface area contributed by atoms with Gasteiger partial charge in [-0.1, -0.05) is 0 Å². The van der Waals surface area contributed by atoms with Crippen LogP contribution >= 0.6 is 0 Å². The summed E-state index contributed by atoms with van der Waals surface area (Å²) in [7, 11) is 0. The van der Waals surface area contributed by atoms with Gasteiger partial charge in [-0.2, -0.15) is 5.26 Å². The number of ketones is 1. The second kappa shape index (κ2) is 4.04. The number of Topliss-reactive ketones (excluding diaryl/α,β-unsaturated/α-hetero) is 1. The van der Waals surface area contributed by atoms with Gasteiger partial charge in [0, 0.05) is 6.42 Å².